The molecule has 1 heterocycles. The van der Waals surface area contributed by atoms with Crippen LogP contribution >= 0.6 is 24.8 Å². The smallest absolute Gasteiger partial charge is 0.251 e. The van der Waals surface area contributed by atoms with E-state index in [-0.39, 0.29) is 30.7 Å². The van der Waals surface area contributed by atoms with Crippen molar-refractivity contribution in [1.29, 1.82) is 0 Å². The van der Waals surface area contributed by atoms with Crippen molar-refractivity contribution in [1.82, 2.24) is 15.5 Å². The van der Waals surface area contributed by atoms with Crippen molar-refractivity contribution in [3.8, 4) is 0 Å². The minimum Gasteiger partial charge on any atom is -0.352 e. The van der Waals surface area contributed by atoms with Crippen LogP contribution in [-0.2, 0) is 6.54 Å². The molecular formula is C16H27Cl2N3O. The van der Waals surface area contributed by atoms with Gasteiger partial charge in [0.1, 0.15) is 0 Å². The monoisotopic (exact) mass is 347 g/mol. The van der Waals surface area contributed by atoms with Crippen molar-refractivity contribution in [2.24, 2.45) is 5.92 Å². The van der Waals surface area contributed by atoms with E-state index in [4.69, 9.17) is 0 Å². The Morgan fingerprint density at radius 1 is 1.36 bits per heavy atom. The van der Waals surface area contributed by atoms with Gasteiger partial charge in [0.05, 0.1) is 0 Å². The molecule has 1 saturated heterocycles. The predicted octanol–water partition coefficient (Wildman–Crippen LogP) is 2.32. The summed E-state index contributed by atoms with van der Waals surface area (Å²) in [6.07, 6.45) is 2.30. The van der Waals surface area contributed by atoms with Crippen LogP contribution in [0.4, 0.5) is 0 Å². The maximum absolute atomic E-state index is 12.1. The van der Waals surface area contributed by atoms with Crippen molar-refractivity contribution in [2.75, 3.05) is 33.7 Å². The molecule has 1 aromatic rings. The minimum atomic E-state index is 0. The zero-order valence-electron chi connectivity index (χ0n) is 13.3. The molecule has 1 aromatic carbocycles. The summed E-state index contributed by atoms with van der Waals surface area (Å²) in [6, 6.07) is 7.87. The van der Waals surface area contributed by atoms with Crippen molar-refractivity contribution in [3.05, 3.63) is 35.4 Å². The second kappa shape index (κ2) is 10.8. The quantitative estimate of drug-likeness (QED) is 0.829. The van der Waals surface area contributed by atoms with Gasteiger partial charge in [0.2, 0.25) is 0 Å². The molecular weight excluding hydrogens is 321 g/mol. The summed E-state index contributed by atoms with van der Waals surface area (Å²) in [7, 11) is 4.06. The van der Waals surface area contributed by atoms with Gasteiger partial charge in [-0.1, -0.05) is 12.1 Å². The SMILES string of the molecule is CN(C)Cc1cccc(C(=O)NCCC2CCNC2)c1.Cl.Cl. The lowest BCUT2D eigenvalue weighted by Crippen LogP contribution is -2.26. The average molecular weight is 348 g/mol. The summed E-state index contributed by atoms with van der Waals surface area (Å²) in [5.74, 6) is 0.756. The number of amides is 1. The molecule has 1 atom stereocenters. The van der Waals surface area contributed by atoms with Crippen LogP contribution in [0.3, 0.4) is 0 Å². The molecule has 0 bridgehead atoms. The highest BCUT2D eigenvalue weighted by atomic mass is 35.5. The van der Waals surface area contributed by atoms with Gasteiger partial charge in [0.25, 0.3) is 5.91 Å². The van der Waals surface area contributed by atoms with Crippen LogP contribution in [-0.4, -0.2) is 44.5 Å². The summed E-state index contributed by atoms with van der Waals surface area (Å²) in [4.78, 5) is 14.2. The van der Waals surface area contributed by atoms with Crippen molar-refractivity contribution in [3.63, 3.8) is 0 Å². The Kier molecular flexibility index (Phi) is 10.4. The molecule has 0 radical (unpaired) electrons. The normalized spacial score (nSPS) is 16.8. The van der Waals surface area contributed by atoms with E-state index < -0.39 is 0 Å². The highest BCUT2D eigenvalue weighted by molar-refractivity contribution is 5.94. The highest BCUT2D eigenvalue weighted by Gasteiger charge is 2.14. The molecule has 0 aromatic heterocycles. The number of carbonyl (C=O) groups is 1. The number of nitrogens with one attached hydrogen (secondary N) is 2. The zero-order valence-corrected chi connectivity index (χ0v) is 14.9. The van der Waals surface area contributed by atoms with Gasteiger partial charge in [-0.05, 0) is 63.6 Å². The van der Waals surface area contributed by atoms with Gasteiger partial charge in [0, 0.05) is 18.7 Å². The summed E-state index contributed by atoms with van der Waals surface area (Å²) in [6.45, 7) is 3.83. The Morgan fingerprint density at radius 3 is 2.77 bits per heavy atom. The van der Waals surface area contributed by atoms with Crippen molar-refractivity contribution >= 4 is 30.7 Å². The average Bonchev–Trinajstić information content (AvgIpc) is 2.91. The van der Waals surface area contributed by atoms with Crippen LogP contribution in [0, 0.1) is 5.92 Å². The Bertz CT molecular complexity index is 449. The van der Waals surface area contributed by atoms with Gasteiger partial charge >= 0.3 is 0 Å². The summed E-state index contributed by atoms with van der Waals surface area (Å²) < 4.78 is 0. The van der Waals surface area contributed by atoms with E-state index in [9.17, 15) is 4.79 Å². The van der Waals surface area contributed by atoms with Gasteiger partial charge in [-0.3, -0.25) is 4.79 Å². The third kappa shape index (κ3) is 6.97. The summed E-state index contributed by atoms with van der Waals surface area (Å²) >= 11 is 0. The van der Waals surface area contributed by atoms with Gasteiger partial charge in [-0.25, -0.2) is 0 Å². The number of benzene rings is 1. The van der Waals surface area contributed by atoms with Crippen molar-refractivity contribution < 1.29 is 4.79 Å². The Hall–Kier alpha value is -0.810. The molecule has 0 aliphatic carbocycles. The van der Waals surface area contributed by atoms with E-state index in [1.54, 1.807) is 0 Å². The zero-order chi connectivity index (χ0) is 14.4. The molecule has 1 fully saturated rings. The third-order valence-electron chi connectivity index (χ3n) is 3.69. The first kappa shape index (κ1) is 21.2. The van der Waals surface area contributed by atoms with E-state index >= 15 is 0 Å². The van der Waals surface area contributed by atoms with Crippen LogP contribution in [0.2, 0.25) is 0 Å². The van der Waals surface area contributed by atoms with E-state index in [2.05, 4.69) is 21.6 Å². The molecule has 1 aliphatic heterocycles. The molecule has 126 valence electrons. The van der Waals surface area contributed by atoms with Crippen LogP contribution in [0.15, 0.2) is 24.3 Å². The lowest BCUT2D eigenvalue weighted by molar-refractivity contribution is 0.0951. The number of rotatable bonds is 6. The van der Waals surface area contributed by atoms with Gasteiger partial charge in [0.15, 0.2) is 0 Å². The fourth-order valence-corrected chi connectivity index (χ4v) is 2.63. The molecule has 22 heavy (non-hydrogen) atoms. The van der Waals surface area contributed by atoms with Crippen LogP contribution in [0.25, 0.3) is 0 Å². The summed E-state index contributed by atoms with van der Waals surface area (Å²) in [5, 5.41) is 6.38. The van der Waals surface area contributed by atoms with E-state index in [1.807, 2.05) is 32.3 Å². The van der Waals surface area contributed by atoms with Crippen molar-refractivity contribution in [2.45, 2.75) is 19.4 Å². The van der Waals surface area contributed by atoms with Gasteiger partial charge in [-0.2, -0.15) is 0 Å². The Labute approximate surface area is 145 Å². The first-order chi connectivity index (χ1) is 9.65. The lowest BCUT2D eigenvalue weighted by atomic mass is 10.1. The number of hydrogen-bond donors (Lipinski definition) is 2. The second-order valence-corrected chi connectivity index (χ2v) is 5.84. The summed E-state index contributed by atoms with van der Waals surface area (Å²) in [5.41, 5.74) is 1.93. The molecule has 1 amide bonds. The first-order valence-corrected chi connectivity index (χ1v) is 7.38. The second-order valence-electron chi connectivity index (χ2n) is 5.84. The molecule has 4 nitrogen and oxygen atoms in total. The van der Waals surface area contributed by atoms with Crippen LogP contribution in [0.5, 0.6) is 0 Å². The Morgan fingerprint density at radius 2 is 2.14 bits per heavy atom. The number of nitrogens with zero attached hydrogens (tertiary/aromatic N) is 1. The number of hydrogen-bond acceptors (Lipinski definition) is 3. The number of carbonyl (C=O) groups excluding carboxylic acids is 1. The minimum absolute atomic E-state index is 0. The van der Waals surface area contributed by atoms with Gasteiger partial charge < -0.3 is 15.5 Å². The molecule has 0 saturated carbocycles. The maximum Gasteiger partial charge on any atom is 0.251 e. The molecule has 0 spiro atoms. The Balaban J connectivity index is 0.00000220. The standard InChI is InChI=1S/C16H25N3O.2ClH/c1-19(2)12-14-4-3-5-15(10-14)16(20)18-9-7-13-6-8-17-11-13;;/h3-5,10,13,17H,6-9,11-12H2,1-2H3,(H,18,20);2*1H. The molecule has 1 aliphatic rings. The first-order valence-electron chi connectivity index (χ1n) is 7.38. The largest absolute Gasteiger partial charge is 0.352 e. The molecule has 6 heteroatoms. The molecule has 2 rings (SSSR count). The fourth-order valence-electron chi connectivity index (χ4n) is 2.63. The predicted molar refractivity (Wildman–Crippen MR) is 96.3 cm³/mol. The fraction of sp³-hybridized carbons (Fsp3) is 0.562. The van der Waals surface area contributed by atoms with E-state index in [1.165, 1.54) is 12.0 Å². The topological polar surface area (TPSA) is 44.4 Å². The van der Waals surface area contributed by atoms with Crippen LogP contribution in [0.1, 0.15) is 28.8 Å². The van der Waals surface area contributed by atoms with Crippen LogP contribution < -0.4 is 10.6 Å². The van der Waals surface area contributed by atoms with E-state index in [0.29, 0.717) is 0 Å². The lowest BCUT2D eigenvalue weighted by Gasteiger charge is -2.12. The molecule has 1 unspecified atom stereocenters. The van der Waals surface area contributed by atoms with Gasteiger partial charge in [-0.15, -0.1) is 24.8 Å². The molecule has 2 N–H and O–H groups in total. The highest BCUT2D eigenvalue weighted by Crippen LogP contribution is 2.11. The van der Waals surface area contributed by atoms with E-state index in [0.717, 1.165) is 44.1 Å². The maximum atomic E-state index is 12.1. The third-order valence-corrected chi connectivity index (χ3v) is 3.69. The number of halogens is 2.